The van der Waals surface area contributed by atoms with Crippen LogP contribution in [0, 0.1) is 5.92 Å². The molecule has 1 unspecified atom stereocenters. The number of hydrogen-bond acceptors (Lipinski definition) is 2. The summed E-state index contributed by atoms with van der Waals surface area (Å²) in [5, 5.41) is 3.41. The summed E-state index contributed by atoms with van der Waals surface area (Å²) in [6.45, 7) is 4.57. The fraction of sp³-hybridized carbons (Fsp3) is 0.571. The second-order valence-electron chi connectivity index (χ2n) is 4.70. The molecule has 1 atom stereocenters. The van der Waals surface area contributed by atoms with Crippen LogP contribution in [0.1, 0.15) is 26.7 Å². The molecule has 0 saturated carbocycles. The highest BCUT2D eigenvalue weighted by molar-refractivity contribution is 9.10. The first kappa shape index (κ1) is 15.1. The van der Waals surface area contributed by atoms with Crippen molar-refractivity contribution in [3.63, 3.8) is 0 Å². The van der Waals surface area contributed by atoms with E-state index in [0.29, 0.717) is 6.04 Å². The molecule has 0 aliphatic carbocycles. The van der Waals surface area contributed by atoms with Crippen LogP contribution in [0.3, 0.4) is 0 Å². The van der Waals surface area contributed by atoms with Crippen LogP contribution < -0.4 is 5.32 Å². The molecule has 0 aliphatic rings. The minimum atomic E-state index is 0.606. The Kier molecular flexibility index (Phi) is 7.24. The maximum absolute atomic E-state index is 3.59. The number of benzene rings is 1. The highest BCUT2D eigenvalue weighted by Crippen LogP contribution is 2.28. The van der Waals surface area contributed by atoms with E-state index in [0.717, 1.165) is 11.7 Å². The molecule has 17 heavy (non-hydrogen) atoms. The normalized spacial score (nSPS) is 13.0. The summed E-state index contributed by atoms with van der Waals surface area (Å²) in [5.41, 5.74) is 0. The van der Waals surface area contributed by atoms with Crippen LogP contribution in [-0.4, -0.2) is 18.8 Å². The Balaban J connectivity index is 2.40. The van der Waals surface area contributed by atoms with Gasteiger partial charge in [-0.15, -0.1) is 11.8 Å². The van der Waals surface area contributed by atoms with Crippen LogP contribution in [-0.2, 0) is 0 Å². The zero-order chi connectivity index (χ0) is 12.7. The van der Waals surface area contributed by atoms with Crippen molar-refractivity contribution in [3.05, 3.63) is 28.7 Å². The number of nitrogens with one attached hydrogen (secondary N) is 1. The molecule has 1 aromatic carbocycles. The summed E-state index contributed by atoms with van der Waals surface area (Å²) in [4.78, 5) is 1.33. The highest BCUT2D eigenvalue weighted by atomic mass is 79.9. The standard InChI is InChI=1S/C14H22BrNS/c1-11(2)8-9-12(16-3)10-17-14-7-5-4-6-13(14)15/h4-7,11-12,16H,8-10H2,1-3H3. The Morgan fingerprint density at radius 2 is 1.94 bits per heavy atom. The predicted octanol–water partition coefficient (Wildman–Crippen LogP) is 4.57. The third kappa shape index (κ3) is 5.94. The van der Waals surface area contributed by atoms with E-state index in [-0.39, 0.29) is 0 Å². The van der Waals surface area contributed by atoms with E-state index >= 15 is 0 Å². The molecule has 0 heterocycles. The van der Waals surface area contributed by atoms with Crippen LogP contribution >= 0.6 is 27.7 Å². The molecule has 96 valence electrons. The molecule has 0 spiro atoms. The molecule has 3 heteroatoms. The van der Waals surface area contributed by atoms with Crippen LogP contribution in [0.2, 0.25) is 0 Å². The first-order chi connectivity index (χ1) is 8.13. The molecular formula is C14H22BrNS. The average Bonchev–Trinajstić information content (AvgIpc) is 2.31. The number of thioether (sulfide) groups is 1. The first-order valence-corrected chi connectivity index (χ1v) is 7.96. The Hall–Kier alpha value is 0.01000. The van der Waals surface area contributed by atoms with Gasteiger partial charge in [0.25, 0.3) is 0 Å². The summed E-state index contributed by atoms with van der Waals surface area (Å²) in [6, 6.07) is 9.03. The van der Waals surface area contributed by atoms with E-state index in [1.165, 1.54) is 22.2 Å². The molecule has 1 rings (SSSR count). The van der Waals surface area contributed by atoms with E-state index in [2.05, 4.69) is 66.4 Å². The van der Waals surface area contributed by atoms with Gasteiger partial charge < -0.3 is 5.32 Å². The minimum Gasteiger partial charge on any atom is -0.316 e. The maximum atomic E-state index is 3.59. The van der Waals surface area contributed by atoms with Crippen LogP contribution in [0.5, 0.6) is 0 Å². The lowest BCUT2D eigenvalue weighted by atomic mass is 10.0. The molecular weight excluding hydrogens is 294 g/mol. The summed E-state index contributed by atoms with van der Waals surface area (Å²) in [6.07, 6.45) is 2.55. The Morgan fingerprint density at radius 1 is 1.24 bits per heavy atom. The Labute approximate surface area is 118 Å². The second kappa shape index (κ2) is 8.17. The molecule has 0 amide bonds. The highest BCUT2D eigenvalue weighted by Gasteiger charge is 2.09. The third-order valence-electron chi connectivity index (χ3n) is 2.78. The van der Waals surface area contributed by atoms with Crippen molar-refractivity contribution >= 4 is 27.7 Å². The van der Waals surface area contributed by atoms with Gasteiger partial charge in [0.05, 0.1) is 0 Å². The summed E-state index contributed by atoms with van der Waals surface area (Å²) in [7, 11) is 2.06. The fourth-order valence-corrected chi connectivity index (χ4v) is 3.32. The SMILES string of the molecule is CNC(CCC(C)C)CSc1ccccc1Br. The van der Waals surface area contributed by atoms with Gasteiger partial charge >= 0.3 is 0 Å². The average molecular weight is 316 g/mol. The number of hydrogen-bond donors (Lipinski definition) is 1. The fourth-order valence-electron chi connectivity index (χ4n) is 1.60. The largest absolute Gasteiger partial charge is 0.316 e. The quantitative estimate of drug-likeness (QED) is 0.740. The molecule has 0 radical (unpaired) electrons. The van der Waals surface area contributed by atoms with Gasteiger partial charge in [0.1, 0.15) is 0 Å². The van der Waals surface area contributed by atoms with E-state index < -0.39 is 0 Å². The smallest absolute Gasteiger partial charge is 0.0311 e. The maximum Gasteiger partial charge on any atom is 0.0311 e. The lowest BCUT2D eigenvalue weighted by molar-refractivity contribution is 0.479. The van der Waals surface area contributed by atoms with Crippen molar-refractivity contribution in [2.24, 2.45) is 5.92 Å². The van der Waals surface area contributed by atoms with Gasteiger partial charge in [0.15, 0.2) is 0 Å². The second-order valence-corrected chi connectivity index (χ2v) is 6.61. The van der Waals surface area contributed by atoms with Gasteiger partial charge in [0, 0.05) is 21.2 Å². The minimum absolute atomic E-state index is 0.606. The lowest BCUT2D eigenvalue weighted by Crippen LogP contribution is -2.28. The van der Waals surface area contributed by atoms with Crippen LogP contribution in [0.4, 0.5) is 0 Å². The van der Waals surface area contributed by atoms with Gasteiger partial charge in [-0.1, -0.05) is 26.0 Å². The van der Waals surface area contributed by atoms with Gasteiger partial charge in [0.2, 0.25) is 0 Å². The van der Waals surface area contributed by atoms with Gasteiger partial charge in [-0.25, -0.2) is 0 Å². The lowest BCUT2D eigenvalue weighted by Gasteiger charge is -2.17. The summed E-state index contributed by atoms with van der Waals surface area (Å²) in [5.74, 6) is 1.92. The summed E-state index contributed by atoms with van der Waals surface area (Å²) >= 11 is 5.51. The van der Waals surface area contributed by atoms with Gasteiger partial charge in [-0.2, -0.15) is 0 Å². The van der Waals surface area contributed by atoms with E-state index in [1.54, 1.807) is 0 Å². The first-order valence-electron chi connectivity index (χ1n) is 6.18. The van der Waals surface area contributed by atoms with Crippen molar-refractivity contribution in [2.75, 3.05) is 12.8 Å². The molecule has 1 aromatic rings. The molecule has 0 fully saturated rings. The molecule has 0 bridgehead atoms. The van der Waals surface area contributed by atoms with Gasteiger partial charge in [-0.3, -0.25) is 0 Å². The zero-order valence-electron chi connectivity index (χ0n) is 10.9. The van der Waals surface area contributed by atoms with Crippen LogP contribution in [0.25, 0.3) is 0 Å². The Morgan fingerprint density at radius 3 is 2.53 bits per heavy atom. The molecule has 0 aromatic heterocycles. The molecule has 0 aliphatic heterocycles. The van der Waals surface area contributed by atoms with Crippen molar-refractivity contribution in [3.8, 4) is 0 Å². The third-order valence-corrected chi connectivity index (χ3v) is 4.97. The summed E-state index contributed by atoms with van der Waals surface area (Å²) < 4.78 is 1.20. The topological polar surface area (TPSA) is 12.0 Å². The van der Waals surface area contributed by atoms with Crippen molar-refractivity contribution in [2.45, 2.75) is 37.6 Å². The van der Waals surface area contributed by atoms with E-state index in [1.807, 2.05) is 11.8 Å². The molecule has 1 N–H and O–H groups in total. The van der Waals surface area contributed by atoms with Gasteiger partial charge in [-0.05, 0) is 53.9 Å². The number of rotatable bonds is 7. The zero-order valence-corrected chi connectivity index (χ0v) is 13.3. The predicted molar refractivity (Wildman–Crippen MR) is 81.8 cm³/mol. The molecule has 0 saturated heterocycles. The number of halogens is 1. The van der Waals surface area contributed by atoms with E-state index in [4.69, 9.17) is 0 Å². The Bertz CT molecular complexity index is 328. The van der Waals surface area contributed by atoms with Crippen LogP contribution in [0.15, 0.2) is 33.6 Å². The van der Waals surface area contributed by atoms with E-state index in [9.17, 15) is 0 Å². The van der Waals surface area contributed by atoms with Crippen molar-refractivity contribution in [1.82, 2.24) is 5.32 Å². The monoisotopic (exact) mass is 315 g/mol. The van der Waals surface area contributed by atoms with Crippen molar-refractivity contribution in [1.29, 1.82) is 0 Å². The molecule has 1 nitrogen and oxygen atoms in total. The van der Waals surface area contributed by atoms with Crippen molar-refractivity contribution < 1.29 is 0 Å².